The molecule has 0 amide bonds. The molecule has 2 aromatic rings. The van der Waals surface area contributed by atoms with E-state index in [4.69, 9.17) is 7.48 Å². The van der Waals surface area contributed by atoms with E-state index >= 15 is 0 Å². The van der Waals surface area contributed by atoms with Gasteiger partial charge in [-0.25, -0.2) is 0 Å². The zero-order valence-corrected chi connectivity index (χ0v) is 11.8. The Hall–Kier alpha value is -1.81. The number of aromatic nitrogens is 1. The van der Waals surface area contributed by atoms with Crippen LogP contribution in [0.2, 0.25) is 0 Å². The second-order valence-corrected chi connectivity index (χ2v) is 5.26. The Bertz CT molecular complexity index is 711. The molecule has 1 atom stereocenters. The lowest BCUT2D eigenvalue weighted by molar-refractivity contribution is -0.131. The predicted octanol–water partition coefficient (Wildman–Crippen LogP) is 2.73. The van der Waals surface area contributed by atoms with Crippen LogP contribution in [0.4, 0.5) is 0 Å². The molecule has 4 heteroatoms. The maximum absolute atomic E-state index is 11.3. The zero-order chi connectivity index (χ0) is 15.9. The number of hydrogen-bond donors (Lipinski definition) is 1. The maximum Gasteiger partial charge on any atom is 0.308 e. The van der Waals surface area contributed by atoms with Crippen LogP contribution in [-0.2, 0) is 11.2 Å². The Balaban J connectivity index is 2.12. The van der Waals surface area contributed by atoms with Crippen LogP contribution in [0.15, 0.2) is 24.4 Å². The number of fused-ring (bicyclic) bond motifs is 1. The van der Waals surface area contributed by atoms with Crippen LogP contribution in [0.3, 0.4) is 0 Å². The molecule has 0 saturated carbocycles. The summed E-state index contributed by atoms with van der Waals surface area (Å²) in [6.07, 6.45) is 2.01. The van der Waals surface area contributed by atoms with Gasteiger partial charge in [0.2, 0.25) is 0 Å². The summed E-state index contributed by atoms with van der Waals surface area (Å²) in [5.74, 6) is 0.00368. The highest BCUT2D eigenvalue weighted by Gasteiger charge is 2.23. The first-order valence-corrected chi connectivity index (χ1v) is 6.90. The number of hydrogen-bond acceptors (Lipinski definition) is 3. The van der Waals surface area contributed by atoms with Crippen molar-refractivity contribution >= 4 is 16.9 Å². The molecule has 0 bridgehead atoms. The largest absolute Gasteiger partial charge is 0.426 e. The molecule has 1 aromatic carbocycles. The maximum atomic E-state index is 11.3. The Kier molecular flexibility index (Phi) is 2.89. The van der Waals surface area contributed by atoms with E-state index < -0.39 is 12.3 Å². The minimum absolute atomic E-state index is 0.170. The molecule has 1 N–H and O–H groups in total. The first-order chi connectivity index (χ1) is 10.4. The van der Waals surface area contributed by atoms with Crippen LogP contribution in [0.5, 0.6) is 5.75 Å². The van der Waals surface area contributed by atoms with Crippen LogP contribution < -0.4 is 4.74 Å². The molecule has 106 valence electrons. The van der Waals surface area contributed by atoms with E-state index in [9.17, 15) is 4.79 Å². The zero-order valence-electron chi connectivity index (χ0n) is 13.8. The van der Waals surface area contributed by atoms with Crippen molar-refractivity contribution < 1.29 is 12.3 Å². The van der Waals surface area contributed by atoms with Crippen LogP contribution in [0.25, 0.3) is 10.9 Å². The number of likely N-dealkylation sites (tertiary alicyclic amines) is 1. The van der Waals surface area contributed by atoms with Crippen LogP contribution in [0.1, 0.15) is 28.1 Å². The lowest BCUT2D eigenvalue weighted by Gasteiger charge is -2.19. The number of H-pyrrole nitrogens is 1. The lowest BCUT2D eigenvalue weighted by atomic mass is 10.0. The molecule has 1 aromatic heterocycles. The third-order valence-corrected chi connectivity index (χ3v) is 3.76. The third-order valence-electron chi connectivity index (χ3n) is 3.76. The van der Waals surface area contributed by atoms with Crippen LogP contribution in [-0.4, -0.2) is 35.5 Å². The monoisotopic (exact) mass is 274 g/mol. The van der Waals surface area contributed by atoms with Crippen LogP contribution >= 0.6 is 0 Å². The molecule has 0 spiro atoms. The number of ether oxygens (including phenoxy) is 1. The molecule has 1 fully saturated rings. The number of nitrogens with one attached hydrogen (secondary N) is 1. The second-order valence-electron chi connectivity index (χ2n) is 5.26. The van der Waals surface area contributed by atoms with Gasteiger partial charge in [-0.2, -0.15) is 0 Å². The molecule has 1 aliphatic heterocycles. The predicted molar refractivity (Wildman–Crippen MR) is 79.0 cm³/mol. The summed E-state index contributed by atoms with van der Waals surface area (Å²) in [5, 5.41) is 0.656. The van der Waals surface area contributed by atoms with Crippen molar-refractivity contribution in [2.24, 2.45) is 0 Å². The number of likely N-dealkylation sites (N-methyl/N-ethyl adjacent to an activating group) is 1. The van der Waals surface area contributed by atoms with Gasteiger partial charge in [0, 0.05) is 32.8 Å². The van der Waals surface area contributed by atoms with Crippen molar-refractivity contribution in [3.8, 4) is 5.75 Å². The summed E-state index contributed by atoms with van der Waals surface area (Å²) < 4.78 is 22.5. The summed E-state index contributed by atoms with van der Waals surface area (Å²) in [6, 6.07) is 5.19. The Morgan fingerprint density at radius 3 is 3.15 bits per heavy atom. The van der Waals surface area contributed by atoms with Crippen molar-refractivity contribution in [3.05, 3.63) is 30.0 Å². The summed E-state index contributed by atoms with van der Waals surface area (Å²) in [4.78, 5) is 16.5. The average molecular weight is 274 g/mol. The first kappa shape index (κ1) is 10.9. The molecular formula is C16H20N2O2. The average Bonchev–Trinajstić information content (AvgIpc) is 3.05. The summed E-state index contributed by atoms with van der Waals surface area (Å²) in [6.45, 7) is 2.26. The van der Waals surface area contributed by atoms with Crippen molar-refractivity contribution in [2.45, 2.75) is 32.2 Å². The van der Waals surface area contributed by atoms with Gasteiger partial charge < -0.3 is 14.6 Å². The first-order valence-electron chi connectivity index (χ1n) is 7.90. The Morgan fingerprint density at radius 1 is 1.60 bits per heavy atom. The lowest BCUT2D eigenvalue weighted by Crippen LogP contribution is -2.26. The molecule has 1 aliphatic rings. The SMILES string of the molecule is [2H]C([2H])(c1c[nH]c2cccc(OC(C)=O)c12)[C@H]1CCCN1C. The third kappa shape index (κ3) is 2.43. The molecule has 20 heavy (non-hydrogen) atoms. The fourth-order valence-electron chi connectivity index (χ4n) is 2.78. The van der Waals surface area contributed by atoms with Crippen molar-refractivity contribution in [1.29, 1.82) is 0 Å². The topological polar surface area (TPSA) is 45.3 Å². The summed E-state index contributed by atoms with van der Waals surface area (Å²) in [5.41, 5.74) is 1.33. The molecule has 0 aliphatic carbocycles. The Labute approximate surface area is 121 Å². The number of esters is 1. The smallest absolute Gasteiger partial charge is 0.308 e. The number of benzene rings is 1. The number of nitrogens with zero attached hydrogens (tertiary/aromatic N) is 1. The van der Waals surface area contributed by atoms with Gasteiger partial charge in [0.25, 0.3) is 0 Å². The van der Waals surface area contributed by atoms with E-state index in [0.717, 1.165) is 24.9 Å². The number of carbonyl (C=O) groups is 1. The van der Waals surface area contributed by atoms with Gasteiger partial charge in [0.1, 0.15) is 5.75 Å². The van der Waals surface area contributed by atoms with Crippen LogP contribution in [0, 0.1) is 0 Å². The van der Waals surface area contributed by atoms with E-state index in [1.54, 1.807) is 18.3 Å². The van der Waals surface area contributed by atoms with Crippen molar-refractivity contribution in [3.63, 3.8) is 0 Å². The summed E-state index contributed by atoms with van der Waals surface area (Å²) >= 11 is 0. The molecule has 0 radical (unpaired) electrons. The molecule has 0 unspecified atom stereocenters. The minimum Gasteiger partial charge on any atom is -0.426 e. The quantitative estimate of drug-likeness (QED) is 0.691. The van der Waals surface area contributed by atoms with Gasteiger partial charge in [0.05, 0.1) is 0 Å². The molecule has 3 rings (SSSR count). The number of rotatable bonds is 3. The standard InChI is InChI=1S/C16H20N2O2/c1-11(19)20-15-7-3-6-14-16(15)12(10-17-14)9-13-5-4-8-18(13)2/h3,6-7,10,13,17H,4-5,8-9H2,1-2H3/t13-/m1/s1/i9D2. The number of aromatic amines is 1. The van der Waals surface area contributed by atoms with E-state index in [0.29, 0.717) is 16.7 Å². The van der Waals surface area contributed by atoms with E-state index in [-0.39, 0.29) is 6.04 Å². The van der Waals surface area contributed by atoms with Gasteiger partial charge in [-0.15, -0.1) is 0 Å². The fourth-order valence-corrected chi connectivity index (χ4v) is 2.78. The van der Waals surface area contributed by atoms with E-state index in [1.807, 2.05) is 13.1 Å². The highest BCUT2D eigenvalue weighted by atomic mass is 16.5. The highest BCUT2D eigenvalue weighted by molar-refractivity contribution is 5.91. The summed E-state index contributed by atoms with van der Waals surface area (Å²) in [7, 11) is 1.96. The molecule has 2 heterocycles. The highest BCUT2D eigenvalue weighted by Crippen LogP contribution is 2.31. The van der Waals surface area contributed by atoms with Gasteiger partial charge in [-0.05, 0) is 50.5 Å². The van der Waals surface area contributed by atoms with Gasteiger partial charge in [-0.1, -0.05) is 6.07 Å². The second kappa shape index (κ2) is 5.29. The van der Waals surface area contributed by atoms with Crippen molar-refractivity contribution in [1.82, 2.24) is 9.88 Å². The molecule has 4 nitrogen and oxygen atoms in total. The van der Waals surface area contributed by atoms with Gasteiger partial charge in [0.15, 0.2) is 0 Å². The molecular weight excluding hydrogens is 252 g/mol. The van der Waals surface area contributed by atoms with Gasteiger partial charge in [-0.3, -0.25) is 4.79 Å². The number of carbonyl (C=O) groups excluding carboxylic acids is 1. The van der Waals surface area contributed by atoms with Gasteiger partial charge >= 0.3 is 5.97 Å². The minimum atomic E-state index is -1.51. The van der Waals surface area contributed by atoms with E-state index in [1.165, 1.54) is 6.92 Å². The van der Waals surface area contributed by atoms with E-state index in [2.05, 4.69) is 9.88 Å². The Morgan fingerprint density at radius 2 is 2.45 bits per heavy atom. The van der Waals surface area contributed by atoms with Crippen molar-refractivity contribution in [2.75, 3.05) is 13.6 Å². The fraction of sp³-hybridized carbons (Fsp3) is 0.438. The molecule has 1 saturated heterocycles. The normalized spacial score (nSPS) is 21.8.